The molecule has 0 radical (unpaired) electrons. The molecular formula is C12H22N2O3. The van der Waals surface area contributed by atoms with E-state index in [1.165, 1.54) is 17.7 Å². The monoisotopic (exact) mass is 242 g/mol. The van der Waals surface area contributed by atoms with E-state index in [-0.39, 0.29) is 12.6 Å². The summed E-state index contributed by atoms with van der Waals surface area (Å²) in [6.45, 7) is 4.64. The maximum atomic E-state index is 11.7. The van der Waals surface area contributed by atoms with Crippen molar-refractivity contribution in [2.45, 2.75) is 26.7 Å². The minimum absolute atomic E-state index is 0.189. The number of rotatable bonds is 6. The van der Waals surface area contributed by atoms with Crippen LogP contribution in [0.4, 0.5) is 4.79 Å². The Morgan fingerprint density at radius 2 is 2.00 bits per heavy atom. The fourth-order valence-corrected chi connectivity index (χ4v) is 1.79. The molecule has 1 aliphatic rings. The second kappa shape index (κ2) is 5.89. The molecule has 0 aromatic carbocycles. The molecule has 2 N–H and O–H groups in total. The van der Waals surface area contributed by atoms with Crippen LogP contribution in [-0.2, 0) is 4.79 Å². The number of carbonyl (C=O) groups is 2. The van der Waals surface area contributed by atoms with Gasteiger partial charge in [-0.1, -0.05) is 13.8 Å². The summed E-state index contributed by atoms with van der Waals surface area (Å²) in [6.07, 6.45) is 2.53. The van der Waals surface area contributed by atoms with Crippen LogP contribution in [0.15, 0.2) is 0 Å². The number of urea groups is 1. The fourth-order valence-electron chi connectivity index (χ4n) is 1.79. The van der Waals surface area contributed by atoms with Crippen LogP contribution in [0, 0.1) is 17.8 Å². The predicted molar refractivity (Wildman–Crippen MR) is 64.7 cm³/mol. The van der Waals surface area contributed by atoms with E-state index in [0.717, 1.165) is 5.92 Å². The summed E-state index contributed by atoms with van der Waals surface area (Å²) in [5.41, 5.74) is 0. The molecule has 0 aromatic rings. The van der Waals surface area contributed by atoms with E-state index in [1.54, 1.807) is 14.0 Å². The average Bonchev–Trinajstić information content (AvgIpc) is 3.08. The van der Waals surface area contributed by atoms with Crippen molar-refractivity contribution in [3.8, 4) is 0 Å². The third kappa shape index (κ3) is 4.63. The van der Waals surface area contributed by atoms with Gasteiger partial charge in [0.05, 0.1) is 5.92 Å². The lowest BCUT2D eigenvalue weighted by Crippen LogP contribution is -2.42. The van der Waals surface area contributed by atoms with Gasteiger partial charge in [-0.15, -0.1) is 0 Å². The number of carbonyl (C=O) groups excluding carboxylic acids is 1. The first-order chi connectivity index (χ1) is 7.91. The number of nitrogens with zero attached hydrogens (tertiary/aromatic N) is 1. The number of aliphatic carboxylic acids is 1. The van der Waals surface area contributed by atoms with Crippen molar-refractivity contribution in [3.63, 3.8) is 0 Å². The quantitative estimate of drug-likeness (QED) is 0.739. The van der Waals surface area contributed by atoms with Crippen molar-refractivity contribution in [2.24, 2.45) is 17.8 Å². The number of hydrogen-bond donors (Lipinski definition) is 2. The second-order valence-electron chi connectivity index (χ2n) is 5.12. The van der Waals surface area contributed by atoms with Gasteiger partial charge in [-0.25, -0.2) is 4.79 Å². The summed E-state index contributed by atoms with van der Waals surface area (Å²) in [4.78, 5) is 23.8. The highest BCUT2D eigenvalue weighted by atomic mass is 16.4. The van der Waals surface area contributed by atoms with Crippen LogP contribution in [-0.4, -0.2) is 42.1 Å². The van der Waals surface area contributed by atoms with E-state index in [0.29, 0.717) is 12.5 Å². The van der Waals surface area contributed by atoms with Crippen molar-refractivity contribution in [2.75, 3.05) is 20.1 Å². The van der Waals surface area contributed by atoms with Crippen LogP contribution in [0.1, 0.15) is 26.7 Å². The van der Waals surface area contributed by atoms with Gasteiger partial charge in [0.25, 0.3) is 0 Å². The van der Waals surface area contributed by atoms with Crippen molar-refractivity contribution >= 4 is 12.0 Å². The summed E-state index contributed by atoms with van der Waals surface area (Å²) in [6, 6.07) is -0.189. The van der Waals surface area contributed by atoms with Gasteiger partial charge in [0.15, 0.2) is 0 Å². The van der Waals surface area contributed by atoms with Crippen molar-refractivity contribution in [1.29, 1.82) is 0 Å². The molecule has 0 saturated heterocycles. The van der Waals surface area contributed by atoms with E-state index in [9.17, 15) is 9.59 Å². The zero-order valence-electron chi connectivity index (χ0n) is 10.8. The lowest BCUT2D eigenvalue weighted by Gasteiger charge is -2.21. The number of carboxylic acids is 1. The van der Waals surface area contributed by atoms with Gasteiger partial charge in [-0.05, 0) is 24.7 Å². The summed E-state index contributed by atoms with van der Waals surface area (Å²) in [5.74, 6) is -0.134. The first-order valence-electron chi connectivity index (χ1n) is 6.13. The van der Waals surface area contributed by atoms with E-state index in [4.69, 9.17) is 5.11 Å². The molecule has 0 bridgehead atoms. The first kappa shape index (κ1) is 13.8. The van der Waals surface area contributed by atoms with Gasteiger partial charge in [0, 0.05) is 20.1 Å². The Hall–Kier alpha value is -1.26. The third-order valence-corrected chi connectivity index (χ3v) is 3.32. The molecule has 0 aromatic heterocycles. The summed E-state index contributed by atoms with van der Waals surface area (Å²) >= 11 is 0. The highest BCUT2D eigenvalue weighted by Crippen LogP contribution is 2.36. The highest BCUT2D eigenvalue weighted by molar-refractivity contribution is 5.75. The van der Waals surface area contributed by atoms with Gasteiger partial charge < -0.3 is 15.3 Å². The van der Waals surface area contributed by atoms with Crippen molar-refractivity contribution in [3.05, 3.63) is 0 Å². The number of hydrogen-bond acceptors (Lipinski definition) is 2. The molecule has 0 aliphatic heterocycles. The summed E-state index contributed by atoms with van der Waals surface area (Å²) < 4.78 is 0. The largest absolute Gasteiger partial charge is 0.481 e. The topological polar surface area (TPSA) is 69.6 Å². The SMILES string of the molecule is CC(CN(C)C(=O)NCC(C)C1CC1)C(=O)O. The van der Waals surface area contributed by atoms with Crippen LogP contribution < -0.4 is 5.32 Å². The Labute approximate surface area is 102 Å². The molecule has 17 heavy (non-hydrogen) atoms. The molecule has 98 valence electrons. The summed E-state index contributed by atoms with van der Waals surface area (Å²) in [7, 11) is 1.62. The normalized spacial score (nSPS) is 18.3. The zero-order valence-corrected chi connectivity index (χ0v) is 10.8. The van der Waals surface area contributed by atoms with Gasteiger partial charge >= 0.3 is 12.0 Å². The standard InChI is InChI=1S/C12H22N2O3/c1-8(10-4-5-10)6-13-12(17)14(3)7-9(2)11(15)16/h8-10H,4-7H2,1-3H3,(H,13,17)(H,15,16). The predicted octanol–water partition coefficient (Wildman–Crippen LogP) is 1.39. The molecule has 1 aliphatic carbocycles. The Morgan fingerprint density at radius 1 is 1.41 bits per heavy atom. The molecule has 2 atom stereocenters. The van der Waals surface area contributed by atoms with Crippen LogP contribution in [0.3, 0.4) is 0 Å². The molecule has 5 heteroatoms. The van der Waals surface area contributed by atoms with Crippen LogP contribution >= 0.6 is 0 Å². The molecule has 2 amide bonds. The van der Waals surface area contributed by atoms with Crippen LogP contribution in [0.5, 0.6) is 0 Å². The average molecular weight is 242 g/mol. The molecule has 2 unspecified atom stereocenters. The lowest BCUT2D eigenvalue weighted by molar-refractivity contribution is -0.141. The van der Waals surface area contributed by atoms with Crippen molar-refractivity contribution in [1.82, 2.24) is 10.2 Å². The molecule has 1 fully saturated rings. The minimum atomic E-state index is -0.879. The van der Waals surface area contributed by atoms with Gasteiger partial charge in [-0.3, -0.25) is 4.79 Å². The number of carboxylic acid groups (broad SMARTS) is 1. The molecular weight excluding hydrogens is 220 g/mol. The molecule has 1 saturated carbocycles. The summed E-state index contributed by atoms with van der Waals surface area (Å²) in [5, 5.41) is 11.6. The highest BCUT2D eigenvalue weighted by Gasteiger charge is 2.28. The fraction of sp³-hybridized carbons (Fsp3) is 0.833. The van der Waals surface area contributed by atoms with E-state index >= 15 is 0 Å². The number of amides is 2. The van der Waals surface area contributed by atoms with E-state index in [1.807, 2.05) is 0 Å². The van der Waals surface area contributed by atoms with Gasteiger partial charge in [0.2, 0.25) is 0 Å². The molecule has 0 spiro atoms. The smallest absolute Gasteiger partial charge is 0.317 e. The molecule has 0 heterocycles. The Bertz CT molecular complexity index is 289. The Morgan fingerprint density at radius 3 is 2.47 bits per heavy atom. The Balaban J connectivity index is 2.23. The lowest BCUT2D eigenvalue weighted by atomic mass is 10.1. The third-order valence-electron chi connectivity index (χ3n) is 3.32. The minimum Gasteiger partial charge on any atom is -0.481 e. The first-order valence-corrected chi connectivity index (χ1v) is 6.13. The van der Waals surface area contributed by atoms with Gasteiger partial charge in [-0.2, -0.15) is 0 Å². The Kier molecular flexibility index (Phi) is 4.78. The van der Waals surface area contributed by atoms with Crippen LogP contribution in [0.25, 0.3) is 0 Å². The van der Waals surface area contributed by atoms with Crippen LogP contribution in [0.2, 0.25) is 0 Å². The van der Waals surface area contributed by atoms with Crippen molar-refractivity contribution < 1.29 is 14.7 Å². The second-order valence-corrected chi connectivity index (χ2v) is 5.12. The van der Waals surface area contributed by atoms with E-state index in [2.05, 4.69) is 12.2 Å². The maximum absolute atomic E-state index is 11.7. The number of nitrogens with one attached hydrogen (secondary N) is 1. The van der Waals surface area contributed by atoms with Gasteiger partial charge in [0.1, 0.15) is 0 Å². The maximum Gasteiger partial charge on any atom is 0.317 e. The molecule has 1 rings (SSSR count). The zero-order chi connectivity index (χ0) is 13.0. The van der Waals surface area contributed by atoms with E-state index < -0.39 is 11.9 Å². The molecule has 5 nitrogen and oxygen atoms in total.